The molecule has 0 aliphatic heterocycles. The van der Waals surface area contributed by atoms with Gasteiger partial charge in [-0.1, -0.05) is 13.8 Å². The first kappa shape index (κ1) is 13.4. The van der Waals surface area contributed by atoms with Gasteiger partial charge in [0.2, 0.25) is 0 Å². The van der Waals surface area contributed by atoms with Crippen molar-refractivity contribution in [2.45, 2.75) is 32.2 Å². The highest BCUT2D eigenvalue weighted by Crippen LogP contribution is 2.22. The standard InChI is InChI=1S/C10H16IN3O2/c1-3-10(4-2,5-15)14-8-7(11)9(16)13-6-12-8/h6,15H,3-5H2,1-2H3,(H2,12,13,14,16). The molecule has 6 heteroatoms. The van der Waals surface area contributed by atoms with Gasteiger partial charge in [0.1, 0.15) is 9.39 Å². The van der Waals surface area contributed by atoms with Crippen LogP contribution in [-0.4, -0.2) is 27.2 Å². The number of aliphatic hydroxyl groups is 1. The van der Waals surface area contributed by atoms with Crippen molar-refractivity contribution in [2.75, 3.05) is 11.9 Å². The molecule has 5 nitrogen and oxygen atoms in total. The van der Waals surface area contributed by atoms with Crippen LogP contribution in [0.1, 0.15) is 26.7 Å². The quantitative estimate of drug-likeness (QED) is 0.709. The third-order valence-electron chi connectivity index (χ3n) is 2.84. The lowest BCUT2D eigenvalue weighted by Crippen LogP contribution is -2.41. The normalized spacial score (nSPS) is 11.5. The van der Waals surface area contributed by atoms with Gasteiger partial charge in [-0.2, -0.15) is 0 Å². The molecule has 0 unspecified atom stereocenters. The minimum absolute atomic E-state index is 0.0184. The minimum Gasteiger partial charge on any atom is -0.394 e. The van der Waals surface area contributed by atoms with Crippen molar-refractivity contribution in [3.05, 3.63) is 20.3 Å². The van der Waals surface area contributed by atoms with Crippen molar-refractivity contribution in [1.29, 1.82) is 0 Å². The van der Waals surface area contributed by atoms with E-state index in [4.69, 9.17) is 0 Å². The SMILES string of the molecule is CCC(CC)(CO)Nc1nc[nH]c(=O)c1I. The second-order valence-electron chi connectivity index (χ2n) is 3.66. The Morgan fingerprint density at radius 2 is 2.19 bits per heavy atom. The van der Waals surface area contributed by atoms with Crippen molar-refractivity contribution < 1.29 is 5.11 Å². The summed E-state index contributed by atoms with van der Waals surface area (Å²) in [6.07, 6.45) is 2.90. The fraction of sp³-hybridized carbons (Fsp3) is 0.600. The van der Waals surface area contributed by atoms with Crippen molar-refractivity contribution in [2.24, 2.45) is 0 Å². The van der Waals surface area contributed by atoms with E-state index < -0.39 is 5.54 Å². The maximum atomic E-state index is 11.4. The Morgan fingerprint density at radius 3 is 2.69 bits per heavy atom. The molecule has 1 aromatic heterocycles. The van der Waals surface area contributed by atoms with Crippen LogP contribution in [0.3, 0.4) is 0 Å². The summed E-state index contributed by atoms with van der Waals surface area (Å²) >= 11 is 1.94. The molecule has 90 valence electrons. The van der Waals surface area contributed by atoms with Crippen LogP contribution in [0.4, 0.5) is 5.82 Å². The van der Waals surface area contributed by atoms with Crippen LogP contribution in [0.2, 0.25) is 0 Å². The van der Waals surface area contributed by atoms with Gasteiger partial charge in [0, 0.05) is 0 Å². The molecule has 0 aliphatic carbocycles. The number of hydrogen-bond acceptors (Lipinski definition) is 4. The van der Waals surface area contributed by atoms with Gasteiger partial charge in [0.15, 0.2) is 0 Å². The second-order valence-corrected chi connectivity index (χ2v) is 4.74. The molecule has 0 saturated carbocycles. The van der Waals surface area contributed by atoms with Gasteiger partial charge in [0.25, 0.3) is 5.56 Å². The van der Waals surface area contributed by atoms with Crippen LogP contribution in [0.5, 0.6) is 0 Å². The van der Waals surface area contributed by atoms with Gasteiger partial charge < -0.3 is 15.4 Å². The average molecular weight is 337 g/mol. The van der Waals surface area contributed by atoms with E-state index >= 15 is 0 Å². The zero-order chi connectivity index (χ0) is 12.2. The van der Waals surface area contributed by atoms with Gasteiger partial charge in [-0.05, 0) is 35.4 Å². The number of hydrogen-bond donors (Lipinski definition) is 3. The molecule has 1 rings (SSSR count). The van der Waals surface area contributed by atoms with Crippen LogP contribution >= 0.6 is 22.6 Å². The van der Waals surface area contributed by atoms with E-state index in [1.165, 1.54) is 6.33 Å². The fourth-order valence-electron chi connectivity index (χ4n) is 1.41. The first-order chi connectivity index (χ1) is 7.58. The Hall–Kier alpha value is -0.630. The van der Waals surface area contributed by atoms with Crippen LogP contribution in [-0.2, 0) is 0 Å². The first-order valence-corrected chi connectivity index (χ1v) is 6.28. The lowest BCUT2D eigenvalue weighted by Gasteiger charge is -2.31. The van der Waals surface area contributed by atoms with E-state index in [9.17, 15) is 9.90 Å². The van der Waals surface area contributed by atoms with Gasteiger partial charge in [-0.25, -0.2) is 4.98 Å². The molecular formula is C10H16IN3O2. The summed E-state index contributed by atoms with van der Waals surface area (Å²) in [6.45, 7) is 4.00. The molecule has 16 heavy (non-hydrogen) atoms. The van der Waals surface area contributed by atoms with Crippen LogP contribution in [0.15, 0.2) is 11.1 Å². The molecule has 0 bridgehead atoms. The van der Waals surface area contributed by atoms with Crippen molar-refractivity contribution >= 4 is 28.4 Å². The third kappa shape index (κ3) is 2.73. The third-order valence-corrected chi connectivity index (χ3v) is 3.84. The Labute approximate surface area is 108 Å². The number of anilines is 1. The summed E-state index contributed by atoms with van der Waals surface area (Å²) in [5.74, 6) is 0.530. The van der Waals surface area contributed by atoms with Gasteiger partial charge in [0.05, 0.1) is 18.5 Å². The number of rotatable bonds is 5. The average Bonchev–Trinajstić information content (AvgIpc) is 2.32. The number of nitrogens with one attached hydrogen (secondary N) is 2. The second kappa shape index (κ2) is 5.62. The molecule has 1 heterocycles. The number of aromatic amines is 1. The zero-order valence-electron chi connectivity index (χ0n) is 9.38. The highest BCUT2D eigenvalue weighted by Gasteiger charge is 2.26. The Balaban J connectivity index is 3.03. The summed E-state index contributed by atoms with van der Waals surface area (Å²) in [4.78, 5) is 18.0. The van der Waals surface area contributed by atoms with Crippen molar-refractivity contribution in [3.8, 4) is 0 Å². The largest absolute Gasteiger partial charge is 0.394 e. The monoisotopic (exact) mass is 337 g/mol. The Kier molecular flexibility index (Phi) is 4.72. The molecule has 0 aliphatic rings. The van der Waals surface area contributed by atoms with Crippen LogP contribution in [0.25, 0.3) is 0 Å². The van der Waals surface area contributed by atoms with E-state index in [0.29, 0.717) is 9.39 Å². The smallest absolute Gasteiger partial charge is 0.266 e. The van der Waals surface area contributed by atoms with E-state index in [-0.39, 0.29) is 12.2 Å². The topological polar surface area (TPSA) is 78.0 Å². The molecule has 0 aromatic carbocycles. The predicted molar refractivity (Wildman–Crippen MR) is 71.6 cm³/mol. The van der Waals surface area contributed by atoms with Crippen molar-refractivity contribution in [1.82, 2.24) is 9.97 Å². The van der Waals surface area contributed by atoms with E-state index in [2.05, 4.69) is 15.3 Å². The summed E-state index contributed by atoms with van der Waals surface area (Å²) in [6, 6.07) is 0. The maximum absolute atomic E-state index is 11.4. The predicted octanol–water partition coefficient (Wildman–Crippen LogP) is 1.34. The molecule has 0 radical (unpaired) electrons. The number of nitrogens with zero attached hydrogens (tertiary/aromatic N) is 1. The van der Waals surface area contributed by atoms with Gasteiger partial charge >= 0.3 is 0 Å². The molecule has 0 saturated heterocycles. The van der Waals surface area contributed by atoms with Gasteiger partial charge in [-0.15, -0.1) is 0 Å². The summed E-state index contributed by atoms with van der Waals surface area (Å²) in [7, 11) is 0. The lowest BCUT2D eigenvalue weighted by molar-refractivity contribution is 0.202. The summed E-state index contributed by atoms with van der Waals surface area (Å²) in [5.41, 5.74) is -0.571. The molecule has 1 aromatic rings. The first-order valence-electron chi connectivity index (χ1n) is 5.20. The highest BCUT2D eigenvalue weighted by atomic mass is 127. The van der Waals surface area contributed by atoms with Crippen molar-refractivity contribution in [3.63, 3.8) is 0 Å². The Morgan fingerprint density at radius 1 is 1.56 bits per heavy atom. The highest BCUT2D eigenvalue weighted by molar-refractivity contribution is 14.1. The summed E-state index contributed by atoms with van der Waals surface area (Å²) < 4.78 is 0.514. The zero-order valence-corrected chi connectivity index (χ0v) is 11.5. The molecule has 0 atom stereocenters. The maximum Gasteiger partial charge on any atom is 0.266 e. The van der Waals surface area contributed by atoms with E-state index in [1.807, 2.05) is 36.4 Å². The van der Waals surface area contributed by atoms with Crippen LogP contribution < -0.4 is 10.9 Å². The lowest BCUT2D eigenvalue weighted by atomic mass is 9.94. The molecule has 0 spiro atoms. The molecule has 0 amide bonds. The summed E-state index contributed by atoms with van der Waals surface area (Å²) in [5, 5.41) is 12.6. The Bertz CT molecular complexity index is 393. The molecule has 0 fully saturated rings. The number of H-pyrrole nitrogens is 1. The van der Waals surface area contributed by atoms with Gasteiger partial charge in [-0.3, -0.25) is 4.79 Å². The molecule has 3 N–H and O–H groups in total. The number of halogens is 1. The fourth-order valence-corrected chi connectivity index (χ4v) is 1.84. The number of aliphatic hydroxyl groups excluding tert-OH is 1. The number of aromatic nitrogens is 2. The minimum atomic E-state index is -0.402. The van der Waals surface area contributed by atoms with E-state index in [0.717, 1.165) is 12.8 Å². The van der Waals surface area contributed by atoms with Crippen LogP contribution in [0, 0.1) is 3.57 Å². The van der Waals surface area contributed by atoms with E-state index in [1.54, 1.807) is 0 Å². The molecular weight excluding hydrogens is 321 g/mol.